The van der Waals surface area contributed by atoms with Crippen LogP contribution in [0.5, 0.6) is 0 Å². The Balaban J connectivity index is 2.19. The van der Waals surface area contributed by atoms with Gasteiger partial charge < -0.3 is 15.5 Å². The molecule has 0 saturated heterocycles. The number of carbonyl (C=O) groups excluding carboxylic acids is 1. The highest BCUT2D eigenvalue weighted by atomic mass is 19.1. The summed E-state index contributed by atoms with van der Waals surface area (Å²) in [5.41, 5.74) is 0.875. The summed E-state index contributed by atoms with van der Waals surface area (Å²) >= 11 is 0. The molecule has 0 aliphatic heterocycles. The van der Waals surface area contributed by atoms with Crippen molar-refractivity contribution in [2.75, 3.05) is 26.2 Å². The number of amides is 2. The smallest absolute Gasteiger partial charge is 0.315 e. The van der Waals surface area contributed by atoms with Crippen LogP contribution in [0.25, 0.3) is 0 Å². The molecule has 0 atom stereocenters. The molecule has 0 unspecified atom stereocenters. The summed E-state index contributed by atoms with van der Waals surface area (Å²) in [6.07, 6.45) is 0. The molecule has 0 aromatic heterocycles. The van der Waals surface area contributed by atoms with Gasteiger partial charge in [-0.1, -0.05) is 26.0 Å². The van der Waals surface area contributed by atoms with E-state index in [1.165, 1.54) is 12.1 Å². The van der Waals surface area contributed by atoms with E-state index >= 15 is 0 Å². The molecule has 0 saturated carbocycles. The van der Waals surface area contributed by atoms with E-state index < -0.39 is 0 Å². The van der Waals surface area contributed by atoms with Crippen molar-refractivity contribution in [3.63, 3.8) is 0 Å². The Morgan fingerprint density at radius 1 is 1.16 bits per heavy atom. The molecule has 0 bridgehead atoms. The lowest BCUT2D eigenvalue weighted by atomic mass is 10.2. The zero-order chi connectivity index (χ0) is 14.1. The average molecular weight is 267 g/mol. The van der Waals surface area contributed by atoms with Gasteiger partial charge in [-0.05, 0) is 30.8 Å². The molecule has 0 aliphatic rings. The van der Waals surface area contributed by atoms with E-state index in [0.29, 0.717) is 13.1 Å². The van der Waals surface area contributed by atoms with E-state index in [1.54, 1.807) is 12.1 Å². The molecular weight excluding hydrogens is 245 g/mol. The lowest BCUT2D eigenvalue weighted by molar-refractivity contribution is 0.236. The highest BCUT2D eigenvalue weighted by Gasteiger charge is 2.02. The first kappa shape index (κ1) is 15.4. The number of rotatable bonds is 7. The zero-order valence-corrected chi connectivity index (χ0v) is 11.6. The topological polar surface area (TPSA) is 44.4 Å². The van der Waals surface area contributed by atoms with Crippen LogP contribution in [0, 0.1) is 5.82 Å². The number of nitrogens with zero attached hydrogens (tertiary/aromatic N) is 1. The molecule has 0 fully saturated rings. The van der Waals surface area contributed by atoms with Crippen LogP contribution in [-0.2, 0) is 6.54 Å². The number of carbonyl (C=O) groups is 1. The maximum Gasteiger partial charge on any atom is 0.315 e. The molecule has 0 aliphatic carbocycles. The fraction of sp³-hybridized carbons (Fsp3) is 0.500. The van der Waals surface area contributed by atoms with Crippen molar-refractivity contribution >= 4 is 6.03 Å². The van der Waals surface area contributed by atoms with Gasteiger partial charge in [-0.3, -0.25) is 0 Å². The van der Waals surface area contributed by atoms with Gasteiger partial charge in [0.1, 0.15) is 5.82 Å². The SMILES string of the molecule is CCN(CC)CCNC(=O)NCc1ccc(F)cc1. The average Bonchev–Trinajstić information content (AvgIpc) is 2.43. The van der Waals surface area contributed by atoms with Gasteiger partial charge in [0.2, 0.25) is 0 Å². The van der Waals surface area contributed by atoms with Crippen molar-refractivity contribution < 1.29 is 9.18 Å². The molecule has 19 heavy (non-hydrogen) atoms. The summed E-state index contributed by atoms with van der Waals surface area (Å²) in [4.78, 5) is 13.8. The van der Waals surface area contributed by atoms with E-state index in [1.807, 2.05) is 0 Å². The molecule has 0 spiro atoms. The van der Waals surface area contributed by atoms with Crippen molar-refractivity contribution in [2.24, 2.45) is 0 Å². The van der Waals surface area contributed by atoms with Gasteiger partial charge in [-0.25, -0.2) is 9.18 Å². The van der Waals surface area contributed by atoms with E-state index in [4.69, 9.17) is 0 Å². The lowest BCUT2D eigenvalue weighted by Gasteiger charge is -2.18. The third-order valence-electron chi connectivity index (χ3n) is 2.97. The van der Waals surface area contributed by atoms with Crippen molar-refractivity contribution in [1.29, 1.82) is 0 Å². The fourth-order valence-electron chi connectivity index (χ4n) is 1.71. The second-order valence-electron chi connectivity index (χ2n) is 4.26. The molecule has 0 heterocycles. The van der Waals surface area contributed by atoms with Gasteiger partial charge in [-0.2, -0.15) is 0 Å². The van der Waals surface area contributed by atoms with Crippen molar-refractivity contribution in [2.45, 2.75) is 20.4 Å². The Morgan fingerprint density at radius 2 is 1.79 bits per heavy atom. The van der Waals surface area contributed by atoms with Crippen molar-refractivity contribution in [1.82, 2.24) is 15.5 Å². The number of nitrogens with one attached hydrogen (secondary N) is 2. The van der Waals surface area contributed by atoms with Crippen LogP contribution in [0.15, 0.2) is 24.3 Å². The minimum atomic E-state index is -0.271. The molecule has 1 aromatic carbocycles. The number of likely N-dealkylation sites (N-methyl/N-ethyl adjacent to an activating group) is 1. The third-order valence-corrected chi connectivity index (χ3v) is 2.97. The fourth-order valence-corrected chi connectivity index (χ4v) is 1.71. The summed E-state index contributed by atoms with van der Waals surface area (Å²) in [6.45, 7) is 8.02. The van der Waals surface area contributed by atoms with Gasteiger partial charge in [0, 0.05) is 19.6 Å². The molecule has 1 rings (SSSR count). The molecule has 2 amide bonds. The highest BCUT2D eigenvalue weighted by Crippen LogP contribution is 2.01. The minimum absolute atomic E-state index is 0.198. The first-order valence-corrected chi connectivity index (χ1v) is 6.64. The maximum absolute atomic E-state index is 12.7. The number of halogens is 1. The minimum Gasteiger partial charge on any atom is -0.337 e. The maximum atomic E-state index is 12.7. The van der Waals surface area contributed by atoms with E-state index in [0.717, 1.165) is 25.2 Å². The molecule has 1 aromatic rings. The number of hydrogen-bond donors (Lipinski definition) is 2. The number of benzene rings is 1. The lowest BCUT2D eigenvalue weighted by Crippen LogP contribution is -2.40. The molecule has 2 N–H and O–H groups in total. The van der Waals surface area contributed by atoms with Crippen molar-refractivity contribution in [3.05, 3.63) is 35.6 Å². The Labute approximate surface area is 114 Å². The molecule has 106 valence electrons. The first-order chi connectivity index (χ1) is 9.15. The number of urea groups is 1. The van der Waals surface area contributed by atoms with Crippen LogP contribution >= 0.6 is 0 Å². The highest BCUT2D eigenvalue weighted by molar-refractivity contribution is 5.73. The summed E-state index contributed by atoms with van der Waals surface area (Å²) in [5, 5.41) is 5.53. The summed E-state index contributed by atoms with van der Waals surface area (Å²) in [7, 11) is 0. The largest absolute Gasteiger partial charge is 0.337 e. The van der Waals surface area contributed by atoms with E-state index in [2.05, 4.69) is 29.4 Å². The van der Waals surface area contributed by atoms with Crippen LogP contribution in [0.4, 0.5) is 9.18 Å². The summed E-state index contributed by atoms with van der Waals surface area (Å²) in [5.74, 6) is -0.271. The normalized spacial score (nSPS) is 10.5. The first-order valence-electron chi connectivity index (χ1n) is 6.64. The summed E-state index contributed by atoms with van der Waals surface area (Å²) in [6, 6.07) is 5.89. The molecule has 0 radical (unpaired) electrons. The summed E-state index contributed by atoms with van der Waals surface area (Å²) < 4.78 is 12.7. The van der Waals surface area contributed by atoms with Gasteiger partial charge in [0.15, 0.2) is 0 Å². The Hall–Kier alpha value is -1.62. The van der Waals surface area contributed by atoms with Crippen LogP contribution in [-0.4, -0.2) is 37.1 Å². The molecular formula is C14H22FN3O. The predicted octanol–water partition coefficient (Wildman–Crippen LogP) is 1.97. The Bertz CT molecular complexity index is 377. The van der Waals surface area contributed by atoms with Gasteiger partial charge in [0.05, 0.1) is 0 Å². The van der Waals surface area contributed by atoms with Crippen molar-refractivity contribution in [3.8, 4) is 0 Å². The van der Waals surface area contributed by atoms with E-state index in [-0.39, 0.29) is 11.8 Å². The Morgan fingerprint density at radius 3 is 2.37 bits per heavy atom. The van der Waals surface area contributed by atoms with E-state index in [9.17, 15) is 9.18 Å². The quantitative estimate of drug-likeness (QED) is 0.793. The third kappa shape index (κ3) is 6.20. The second-order valence-corrected chi connectivity index (χ2v) is 4.26. The molecule has 4 nitrogen and oxygen atoms in total. The van der Waals surface area contributed by atoms with Crippen LogP contribution in [0.3, 0.4) is 0 Å². The molecule has 5 heteroatoms. The van der Waals surface area contributed by atoms with Crippen LogP contribution in [0.1, 0.15) is 19.4 Å². The standard InChI is InChI=1S/C14H22FN3O/c1-3-18(4-2)10-9-16-14(19)17-11-12-5-7-13(15)8-6-12/h5-8H,3-4,9-11H2,1-2H3,(H2,16,17,19). The monoisotopic (exact) mass is 267 g/mol. The number of hydrogen-bond acceptors (Lipinski definition) is 2. The second kappa shape index (κ2) is 8.48. The van der Waals surface area contributed by atoms with Gasteiger partial charge >= 0.3 is 6.03 Å². The predicted molar refractivity (Wildman–Crippen MR) is 74.4 cm³/mol. The van der Waals surface area contributed by atoms with Gasteiger partial charge in [-0.15, -0.1) is 0 Å². The van der Waals surface area contributed by atoms with Crippen LogP contribution < -0.4 is 10.6 Å². The Kier molecular flexibility index (Phi) is 6.89. The van der Waals surface area contributed by atoms with Crippen LogP contribution in [0.2, 0.25) is 0 Å². The van der Waals surface area contributed by atoms with Gasteiger partial charge in [0.25, 0.3) is 0 Å². The zero-order valence-electron chi connectivity index (χ0n) is 11.6.